The molecule has 6 bridgehead atoms. The standard InChI is InChI=1S/C18H22F2N6O3/c1-10-18(19,20)4-5-28-16-9-21-8-15(24-16)23-14-7-13(25-26-14)11-2-3-12(6-11)29-17(27)22-10/h7-12H,2-6H2,1H3,(H,22,27)(H2,23,24,25,26)/t10-,11+,12-/m1/s1. The number of alkyl carbamates (subject to hydrolysis) is 1. The molecule has 2 aromatic heterocycles. The van der Waals surface area contributed by atoms with Gasteiger partial charge in [0.15, 0.2) is 11.6 Å². The predicted molar refractivity (Wildman–Crippen MR) is 98.4 cm³/mol. The van der Waals surface area contributed by atoms with E-state index < -0.39 is 24.5 Å². The molecule has 0 saturated heterocycles. The fourth-order valence-corrected chi connectivity index (χ4v) is 3.52. The number of amides is 1. The number of halogens is 2. The van der Waals surface area contributed by atoms with Crippen LogP contribution >= 0.6 is 0 Å². The largest absolute Gasteiger partial charge is 0.476 e. The number of ether oxygens (including phenoxy) is 2. The molecule has 1 aliphatic carbocycles. The lowest BCUT2D eigenvalue weighted by Gasteiger charge is -2.25. The highest BCUT2D eigenvalue weighted by atomic mass is 19.3. The van der Waals surface area contributed by atoms with Gasteiger partial charge in [-0.25, -0.2) is 13.6 Å². The lowest BCUT2D eigenvalue weighted by molar-refractivity contribution is -0.0485. The molecule has 11 heteroatoms. The number of aromatic amines is 1. The minimum absolute atomic E-state index is 0.112. The molecule has 0 aromatic carbocycles. The molecule has 1 aliphatic heterocycles. The molecule has 0 spiro atoms. The van der Waals surface area contributed by atoms with Crippen molar-refractivity contribution in [3.63, 3.8) is 0 Å². The number of hydrogen-bond donors (Lipinski definition) is 3. The molecule has 2 aromatic rings. The number of nitrogens with zero attached hydrogens (tertiary/aromatic N) is 3. The zero-order valence-electron chi connectivity index (χ0n) is 15.8. The monoisotopic (exact) mass is 408 g/mol. The Morgan fingerprint density at radius 3 is 2.97 bits per heavy atom. The molecule has 1 fully saturated rings. The summed E-state index contributed by atoms with van der Waals surface area (Å²) in [5.41, 5.74) is 0.903. The SMILES string of the molecule is C[C@H]1NC(=O)O[C@@H]2CC[C@@H](C2)c2cc(n[nH]2)Nc2cncc(n2)OCCC1(F)F. The normalized spacial score (nSPS) is 26.9. The Bertz CT molecular complexity index is 877. The van der Waals surface area contributed by atoms with E-state index in [2.05, 4.69) is 30.8 Å². The summed E-state index contributed by atoms with van der Waals surface area (Å²) in [5.74, 6) is -1.98. The van der Waals surface area contributed by atoms with E-state index in [1.165, 1.54) is 19.3 Å². The van der Waals surface area contributed by atoms with Crippen molar-refractivity contribution in [2.24, 2.45) is 0 Å². The molecule has 156 valence electrons. The van der Waals surface area contributed by atoms with Gasteiger partial charge in [-0.15, -0.1) is 0 Å². The number of nitrogens with one attached hydrogen (secondary N) is 3. The van der Waals surface area contributed by atoms with Crippen LogP contribution in [-0.4, -0.2) is 50.9 Å². The number of carbonyl (C=O) groups excluding carboxylic acids is 1. The van der Waals surface area contributed by atoms with Gasteiger partial charge in [-0.05, 0) is 26.2 Å². The lowest BCUT2D eigenvalue weighted by atomic mass is 10.0. The molecule has 3 N–H and O–H groups in total. The van der Waals surface area contributed by atoms with Crippen molar-refractivity contribution in [1.82, 2.24) is 25.5 Å². The molecule has 29 heavy (non-hydrogen) atoms. The van der Waals surface area contributed by atoms with Crippen LogP contribution in [0.1, 0.15) is 44.2 Å². The first-order valence-electron chi connectivity index (χ1n) is 9.51. The molecule has 1 saturated carbocycles. The van der Waals surface area contributed by atoms with Crippen LogP contribution in [0.4, 0.5) is 25.2 Å². The van der Waals surface area contributed by atoms with Gasteiger partial charge in [-0.1, -0.05) is 0 Å². The summed E-state index contributed by atoms with van der Waals surface area (Å²) in [6, 6.07) is 0.470. The minimum Gasteiger partial charge on any atom is -0.476 e. The number of anilines is 2. The number of hydrogen-bond acceptors (Lipinski definition) is 7. The average Bonchev–Trinajstić information content (AvgIpc) is 3.30. The second-order valence-corrected chi connectivity index (χ2v) is 7.34. The van der Waals surface area contributed by atoms with Crippen molar-refractivity contribution in [3.8, 4) is 5.88 Å². The van der Waals surface area contributed by atoms with Crippen LogP contribution in [0.5, 0.6) is 5.88 Å². The Balaban J connectivity index is 1.56. The Kier molecular flexibility index (Phi) is 5.20. The summed E-state index contributed by atoms with van der Waals surface area (Å²) in [6.07, 6.45) is 3.13. The van der Waals surface area contributed by atoms with Gasteiger partial charge in [0, 0.05) is 24.1 Å². The molecule has 9 nitrogen and oxygen atoms in total. The van der Waals surface area contributed by atoms with Gasteiger partial charge in [0.05, 0.1) is 25.0 Å². The van der Waals surface area contributed by atoms with Gasteiger partial charge in [0.1, 0.15) is 6.10 Å². The van der Waals surface area contributed by atoms with E-state index in [1.807, 2.05) is 6.07 Å². The summed E-state index contributed by atoms with van der Waals surface area (Å²) in [6.45, 7) is 0.955. The van der Waals surface area contributed by atoms with Crippen LogP contribution in [0.15, 0.2) is 18.5 Å². The topological polar surface area (TPSA) is 114 Å². The second kappa shape index (κ2) is 7.80. The average molecular weight is 408 g/mol. The van der Waals surface area contributed by atoms with Crippen molar-refractivity contribution < 1.29 is 23.0 Å². The Morgan fingerprint density at radius 1 is 1.24 bits per heavy atom. The van der Waals surface area contributed by atoms with Crippen LogP contribution < -0.4 is 15.4 Å². The van der Waals surface area contributed by atoms with E-state index in [4.69, 9.17) is 9.47 Å². The number of alkyl halides is 2. The number of carbonyl (C=O) groups is 1. The number of fused-ring (bicyclic) bond motifs is 7. The van der Waals surface area contributed by atoms with Crippen molar-refractivity contribution in [1.29, 1.82) is 0 Å². The predicted octanol–water partition coefficient (Wildman–Crippen LogP) is 3.11. The first kappa shape index (κ1) is 19.3. The van der Waals surface area contributed by atoms with Crippen LogP contribution in [0.2, 0.25) is 0 Å². The highest BCUT2D eigenvalue weighted by molar-refractivity contribution is 5.68. The van der Waals surface area contributed by atoms with Gasteiger partial charge >= 0.3 is 6.09 Å². The third kappa shape index (κ3) is 4.54. The van der Waals surface area contributed by atoms with E-state index in [9.17, 15) is 13.6 Å². The maximum Gasteiger partial charge on any atom is 0.407 e. The minimum atomic E-state index is -3.17. The van der Waals surface area contributed by atoms with Gasteiger partial charge in [-0.2, -0.15) is 10.1 Å². The summed E-state index contributed by atoms with van der Waals surface area (Å²) in [5, 5.41) is 12.5. The Morgan fingerprint density at radius 2 is 2.10 bits per heavy atom. The van der Waals surface area contributed by atoms with Gasteiger partial charge in [-0.3, -0.25) is 10.1 Å². The first-order valence-corrected chi connectivity index (χ1v) is 9.51. The molecule has 0 unspecified atom stereocenters. The summed E-state index contributed by atoms with van der Waals surface area (Å²) < 4.78 is 39.4. The molecule has 1 amide bonds. The fourth-order valence-electron chi connectivity index (χ4n) is 3.52. The van der Waals surface area contributed by atoms with Crippen LogP contribution in [0, 0.1) is 0 Å². The van der Waals surface area contributed by atoms with Crippen LogP contribution in [0.25, 0.3) is 0 Å². The first-order chi connectivity index (χ1) is 13.9. The summed E-state index contributed by atoms with van der Waals surface area (Å²) in [4.78, 5) is 20.3. The molecular formula is C18H22F2N6O3. The molecular weight excluding hydrogens is 386 g/mol. The fraction of sp³-hybridized carbons (Fsp3) is 0.556. The summed E-state index contributed by atoms with van der Waals surface area (Å²) >= 11 is 0. The Labute approximate surface area is 165 Å². The second-order valence-electron chi connectivity index (χ2n) is 7.34. The van der Waals surface area contributed by atoms with Crippen molar-refractivity contribution in [3.05, 3.63) is 24.2 Å². The highest BCUT2D eigenvalue weighted by Gasteiger charge is 2.38. The molecule has 4 rings (SSSR count). The summed E-state index contributed by atoms with van der Waals surface area (Å²) in [7, 11) is 0. The quantitative estimate of drug-likeness (QED) is 0.614. The van der Waals surface area contributed by atoms with E-state index in [0.29, 0.717) is 24.5 Å². The number of H-pyrrole nitrogens is 1. The molecule has 0 radical (unpaired) electrons. The van der Waals surface area contributed by atoms with Crippen LogP contribution in [0.3, 0.4) is 0 Å². The van der Waals surface area contributed by atoms with E-state index in [0.717, 1.165) is 12.1 Å². The van der Waals surface area contributed by atoms with Gasteiger partial charge < -0.3 is 20.1 Å². The maximum atomic E-state index is 14.3. The number of rotatable bonds is 0. The molecule has 2 aliphatic rings. The zero-order chi connectivity index (χ0) is 20.4. The van der Waals surface area contributed by atoms with Gasteiger partial charge in [0.25, 0.3) is 5.92 Å². The van der Waals surface area contributed by atoms with Crippen molar-refractivity contribution >= 4 is 17.7 Å². The van der Waals surface area contributed by atoms with Gasteiger partial charge in [0.2, 0.25) is 5.88 Å². The lowest BCUT2D eigenvalue weighted by Crippen LogP contribution is -2.47. The third-order valence-electron chi connectivity index (χ3n) is 5.22. The smallest absolute Gasteiger partial charge is 0.407 e. The molecule has 3 atom stereocenters. The highest BCUT2D eigenvalue weighted by Crippen LogP contribution is 2.36. The Hall–Kier alpha value is -2.98. The zero-order valence-corrected chi connectivity index (χ0v) is 15.8. The maximum absolute atomic E-state index is 14.3. The number of aromatic nitrogens is 4. The van der Waals surface area contributed by atoms with E-state index in [1.54, 1.807) is 0 Å². The van der Waals surface area contributed by atoms with Crippen LogP contribution in [-0.2, 0) is 4.74 Å². The third-order valence-corrected chi connectivity index (χ3v) is 5.22. The molecule has 3 heterocycles. The van der Waals surface area contributed by atoms with E-state index >= 15 is 0 Å². The van der Waals surface area contributed by atoms with Crippen molar-refractivity contribution in [2.45, 2.75) is 56.6 Å². The van der Waals surface area contributed by atoms with E-state index in [-0.39, 0.29) is 24.5 Å². The van der Waals surface area contributed by atoms with Crippen molar-refractivity contribution in [2.75, 3.05) is 11.9 Å².